The van der Waals surface area contributed by atoms with Crippen LogP contribution < -0.4 is 15.8 Å². The van der Waals surface area contributed by atoms with Crippen molar-refractivity contribution in [2.45, 2.75) is 19.4 Å². The smallest absolute Gasteiger partial charge is 0.237 e. The van der Waals surface area contributed by atoms with E-state index in [-0.39, 0.29) is 5.91 Å². The summed E-state index contributed by atoms with van der Waals surface area (Å²) in [5.74, 6) is 0.643. The minimum atomic E-state index is -0.540. The van der Waals surface area contributed by atoms with E-state index in [9.17, 15) is 4.79 Å². The summed E-state index contributed by atoms with van der Waals surface area (Å²) in [4.78, 5) is 11.9. The van der Waals surface area contributed by atoms with E-state index in [0.717, 1.165) is 11.3 Å². The van der Waals surface area contributed by atoms with Gasteiger partial charge in [0.05, 0.1) is 12.6 Å². The summed E-state index contributed by atoms with van der Waals surface area (Å²) in [6, 6.07) is 17.0. The Balaban J connectivity index is 1.67. The minimum absolute atomic E-state index is 0.156. The predicted octanol–water partition coefficient (Wildman–Crippen LogP) is 2.06. The Morgan fingerprint density at radius 3 is 2.50 bits per heavy atom. The van der Waals surface area contributed by atoms with Crippen LogP contribution in [-0.4, -0.2) is 25.1 Å². The zero-order valence-electron chi connectivity index (χ0n) is 12.8. The molecule has 4 nitrogen and oxygen atoms in total. The van der Waals surface area contributed by atoms with Crippen LogP contribution in [0.1, 0.15) is 11.1 Å². The van der Waals surface area contributed by atoms with E-state index < -0.39 is 6.04 Å². The number of hydrogen-bond acceptors (Lipinski definition) is 3. The molecule has 0 aliphatic heterocycles. The highest BCUT2D eigenvalue weighted by Crippen LogP contribution is 2.10. The number of hydrogen-bond donors (Lipinski definition) is 2. The molecule has 0 aromatic heterocycles. The van der Waals surface area contributed by atoms with Crippen LogP contribution in [-0.2, 0) is 11.2 Å². The average Bonchev–Trinajstić information content (AvgIpc) is 2.54. The van der Waals surface area contributed by atoms with E-state index in [2.05, 4.69) is 5.32 Å². The molecule has 2 rings (SSSR count). The number of benzene rings is 2. The second-order valence-corrected chi connectivity index (χ2v) is 5.25. The molecule has 3 N–H and O–H groups in total. The minimum Gasteiger partial charge on any atom is -0.492 e. The monoisotopic (exact) mass is 298 g/mol. The van der Waals surface area contributed by atoms with Crippen LogP contribution >= 0.6 is 0 Å². The first-order chi connectivity index (χ1) is 10.6. The van der Waals surface area contributed by atoms with Gasteiger partial charge in [0.25, 0.3) is 0 Å². The van der Waals surface area contributed by atoms with Gasteiger partial charge in [-0.05, 0) is 31.0 Å². The van der Waals surface area contributed by atoms with Crippen molar-refractivity contribution in [3.8, 4) is 5.75 Å². The number of nitrogens with one attached hydrogen (secondary N) is 1. The molecule has 0 spiro atoms. The van der Waals surface area contributed by atoms with E-state index in [1.54, 1.807) is 0 Å². The van der Waals surface area contributed by atoms with Crippen molar-refractivity contribution < 1.29 is 9.53 Å². The van der Waals surface area contributed by atoms with E-state index in [1.165, 1.54) is 5.56 Å². The molecule has 4 heteroatoms. The van der Waals surface area contributed by atoms with Crippen molar-refractivity contribution in [2.75, 3.05) is 13.2 Å². The van der Waals surface area contributed by atoms with E-state index >= 15 is 0 Å². The molecular formula is C18H22N2O2. The van der Waals surface area contributed by atoms with Crippen LogP contribution in [0.4, 0.5) is 0 Å². The van der Waals surface area contributed by atoms with Gasteiger partial charge in [-0.3, -0.25) is 4.79 Å². The lowest BCUT2D eigenvalue weighted by atomic mass is 10.1. The van der Waals surface area contributed by atoms with Crippen molar-refractivity contribution in [1.29, 1.82) is 0 Å². The number of carbonyl (C=O) groups is 1. The maximum absolute atomic E-state index is 11.9. The molecule has 0 aliphatic rings. The Morgan fingerprint density at radius 2 is 1.82 bits per heavy atom. The SMILES string of the molecule is Cc1ccc(OCCNC(=O)[C@@H](N)Cc2ccccc2)cc1. The maximum atomic E-state index is 11.9. The van der Waals surface area contributed by atoms with Crippen molar-refractivity contribution >= 4 is 5.91 Å². The van der Waals surface area contributed by atoms with Crippen molar-refractivity contribution in [2.24, 2.45) is 5.73 Å². The molecule has 1 amide bonds. The summed E-state index contributed by atoms with van der Waals surface area (Å²) in [6.45, 7) is 2.89. The number of nitrogens with two attached hydrogens (primary N) is 1. The zero-order valence-corrected chi connectivity index (χ0v) is 12.8. The van der Waals surface area contributed by atoms with Gasteiger partial charge in [0, 0.05) is 0 Å². The molecule has 2 aromatic rings. The largest absolute Gasteiger partial charge is 0.492 e. The number of ether oxygens (including phenoxy) is 1. The van der Waals surface area contributed by atoms with Crippen molar-refractivity contribution in [3.05, 3.63) is 65.7 Å². The van der Waals surface area contributed by atoms with Gasteiger partial charge in [-0.2, -0.15) is 0 Å². The van der Waals surface area contributed by atoms with Crippen molar-refractivity contribution in [1.82, 2.24) is 5.32 Å². The zero-order chi connectivity index (χ0) is 15.8. The standard InChI is InChI=1S/C18H22N2O2/c1-14-7-9-16(10-8-14)22-12-11-20-18(21)17(19)13-15-5-3-2-4-6-15/h2-10,17H,11-13,19H2,1H3,(H,20,21)/t17-/m0/s1. The van der Waals surface area contributed by atoms with Crippen LogP contribution in [0.25, 0.3) is 0 Å². The highest BCUT2D eigenvalue weighted by Gasteiger charge is 2.13. The van der Waals surface area contributed by atoms with Crippen LogP contribution in [0.5, 0.6) is 5.75 Å². The summed E-state index contributed by atoms with van der Waals surface area (Å²) in [6.07, 6.45) is 0.533. The second-order valence-electron chi connectivity index (χ2n) is 5.25. The quantitative estimate of drug-likeness (QED) is 0.769. The Labute approximate surface area is 131 Å². The topological polar surface area (TPSA) is 64.3 Å². The Hall–Kier alpha value is -2.33. The highest BCUT2D eigenvalue weighted by atomic mass is 16.5. The fraction of sp³-hybridized carbons (Fsp3) is 0.278. The fourth-order valence-electron chi connectivity index (χ4n) is 2.07. The molecule has 2 aromatic carbocycles. The number of rotatable bonds is 7. The van der Waals surface area contributed by atoms with E-state index in [0.29, 0.717) is 19.6 Å². The predicted molar refractivity (Wildman–Crippen MR) is 87.8 cm³/mol. The van der Waals surface area contributed by atoms with Gasteiger partial charge in [0.2, 0.25) is 5.91 Å². The first-order valence-corrected chi connectivity index (χ1v) is 7.42. The van der Waals surface area contributed by atoms with Crippen LogP contribution in [0, 0.1) is 6.92 Å². The first-order valence-electron chi connectivity index (χ1n) is 7.42. The Kier molecular flexibility index (Phi) is 5.98. The van der Waals surface area contributed by atoms with Crippen LogP contribution in [0.3, 0.4) is 0 Å². The van der Waals surface area contributed by atoms with Gasteiger partial charge >= 0.3 is 0 Å². The molecule has 0 heterocycles. The van der Waals surface area contributed by atoms with Crippen LogP contribution in [0.2, 0.25) is 0 Å². The maximum Gasteiger partial charge on any atom is 0.237 e. The Morgan fingerprint density at radius 1 is 1.14 bits per heavy atom. The second kappa shape index (κ2) is 8.20. The molecule has 0 saturated heterocycles. The van der Waals surface area contributed by atoms with E-state index in [4.69, 9.17) is 10.5 Å². The Bertz CT molecular complexity index is 582. The molecule has 0 aliphatic carbocycles. The van der Waals surface area contributed by atoms with Gasteiger partial charge in [0.1, 0.15) is 12.4 Å². The van der Waals surface area contributed by atoms with Crippen molar-refractivity contribution in [3.63, 3.8) is 0 Å². The summed E-state index contributed by atoms with van der Waals surface area (Å²) in [5, 5.41) is 2.80. The number of aryl methyl sites for hydroxylation is 1. The third kappa shape index (κ3) is 5.22. The summed E-state index contributed by atoms with van der Waals surface area (Å²) in [5.41, 5.74) is 8.15. The molecule has 22 heavy (non-hydrogen) atoms. The number of amides is 1. The summed E-state index contributed by atoms with van der Waals surface area (Å²) in [7, 11) is 0. The fourth-order valence-corrected chi connectivity index (χ4v) is 2.07. The molecule has 0 radical (unpaired) electrons. The third-order valence-electron chi connectivity index (χ3n) is 3.33. The van der Waals surface area contributed by atoms with Gasteiger partial charge in [0.15, 0.2) is 0 Å². The van der Waals surface area contributed by atoms with E-state index in [1.807, 2.05) is 61.5 Å². The van der Waals surface area contributed by atoms with Gasteiger partial charge < -0.3 is 15.8 Å². The molecule has 0 bridgehead atoms. The lowest BCUT2D eigenvalue weighted by Gasteiger charge is -2.13. The van der Waals surface area contributed by atoms with Gasteiger partial charge in [-0.1, -0.05) is 48.0 Å². The van der Waals surface area contributed by atoms with Gasteiger partial charge in [-0.15, -0.1) is 0 Å². The molecule has 1 atom stereocenters. The first kappa shape index (κ1) is 16.0. The summed E-state index contributed by atoms with van der Waals surface area (Å²) < 4.78 is 5.55. The lowest BCUT2D eigenvalue weighted by Crippen LogP contribution is -2.43. The summed E-state index contributed by atoms with van der Waals surface area (Å²) >= 11 is 0. The normalized spacial score (nSPS) is 11.7. The average molecular weight is 298 g/mol. The lowest BCUT2D eigenvalue weighted by molar-refractivity contribution is -0.122. The molecule has 0 fully saturated rings. The molecule has 0 unspecified atom stereocenters. The molecule has 0 saturated carbocycles. The van der Waals surface area contributed by atoms with Gasteiger partial charge in [-0.25, -0.2) is 0 Å². The third-order valence-corrected chi connectivity index (χ3v) is 3.33. The molecular weight excluding hydrogens is 276 g/mol. The van der Waals surface area contributed by atoms with Crippen LogP contribution in [0.15, 0.2) is 54.6 Å². The number of carbonyl (C=O) groups excluding carboxylic acids is 1. The molecule has 116 valence electrons. The highest BCUT2D eigenvalue weighted by molar-refractivity contribution is 5.81.